The average Bonchev–Trinajstić information content (AvgIpc) is 2.98. The van der Waals surface area contributed by atoms with E-state index in [-0.39, 0.29) is 6.29 Å². The monoisotopic (exact) mass is 242 g/mol. The summed E-state index contributed by atoms with van der Waals surface area (Å²) in [5.41, 5.74) is 1.23. The van der Waals surface area contributed by atoms with Crippen molar-refractivity contribution in [3.05, 3.63) is 35.9 Å². The van der Waals surface area contributed by atoms with Gasteiger partial charge < -0.3 is 14.2 Å². The van der Waals surface area contributed by atoms with Crippen molar-refractivity contribution in [2.24, 2.45) is 0 Å². The zero-order valence-corrected chi connectivity index (χ0v) is 10.2. The minimum absolute atomic E-state index is 0.101. The van der Waals surface area contributed by atoms with Gasteiger partial charge in [0, 0.05) is 16.3 Å². The lowest BCUT2D eigenvalue weighted by Crippen LogP contribution is -2.13. The molecule has 4 rings (SSSR count). The van der Waals surface area contributed by atoms with Crippen LogP contribution in [0.3, 0.4) is 0 Å². The van der Waals surface area contributed by atoms with Gasteiger partial charge in [0.2, 0.25) is 6.29 Å². The second-order valence-electron chi connectivity index (χ2n) is 4.79. The van der Waals surface area contributed by atoms with Gasteiger partial charge in [0.05, 0.1) is 19.6 Å². The molecule has 3 heteroatoms. The Hall–Kier alpha value is -1.74. The molecule has 2 atom stereocenters. The first kappa shape index (κ1) is 10.2. The first-order valence-electron chi connectivity index (χ1n) is 6.26. The molecule has 0 bridgehead atoms. The molecule has 1 fully saturated rings. The lowest BCUT2D eigenvalue weighted by Gasteiger charge is -2.11. The first-order chi connectivity index (χ1) is 8.88. The van der Waals surface area contributed by atoms with Crippen LogP contribution >= 0.6 is 0 Å². The summed E-state index contributed by atoms with van der Waals surface area (Å²) in [5, 5.41) is 2.21. The fourth-order valence-corrected chi connectivity index (χ4v) is 3.01. The Balaban J connectivity index is 2.02. The number of hydrogen-bond donors (Lipinski definition) is 0. The summed E-state index contributed by atoms with van der Waals surface area (Å²) in [6.07, 6.45) is 0.926. The molecule has 0 amide bonds. The van der Waals surface area contributed by atoms with Crippen LogP contribution < -0.4 is 9.47 Å². The van der Waals surface area contributed by atoms with Crippen LogP contribution in [0.4, 0.5) is 0 Å². The molecule has 2 unspecified atom stereocenters. The van der Waals surface area contributed by atoms with Crippen molar-refractivity contribution in [1.29, 1.82) is 0 Å². The van der Waals surface area contributed by atoms with Gasteiger partial charge in [-0.2, -0.15) is 0 Å². The highest BCUT2D eigenvalue weighted by Crippen LogP contribution is 2.49. The molecule has 18 heavy (non-hydrogen) atoms. The second-order valence-corrected chi connectivity index (χ2v) is 4.79. The van der Waals surface area contributed by atoms with Gasteiger partial charge in [-0.1, -0.05) is 24.3 Å². The van der Waals surface area contributed by atoms with E-state index in [0.29, 0.717) is 5.92 Å². The predicted molar refractivity (Wildman–Crippen MR) is 68.2 cm³/mol. The Morgan fingerprint density at radius 2 is 2.06 bits per heavy atom. The van der Waals surface area contributed by atoms with Crippen LogP contribution in [-0.4, -0.2) is 20.0 Å². The quantitative estimate of drug-likeness (QED) is 0.769. The molecule has 2 aliphatic heterocycles. The third-order valence-corrected chi connectivity index (χ3v) is 3.88. The molecule has 0 N–H and O–H groups in total. The van der Waals surface area contributed by atoms with Crippen LogP contribution in [0.2, 0.25) is 0 Å². The number of benzene rings is 2. The summed E-state index contributed by atoms with van der Waals surface area (Å²) in [6.45, 7) is 0.782. The molecule has 0 aromatic heterocycles. The SMILES string of the molecule is COc1cc2c(c3ccccc13)OC1OCCC21. The molecule has 0 radical (unpaired) electrons. The van der Waals surface area contributed by atoms with Crippen molar-refractivity contribution in [2.45, 2.75) is 18.6 Å². The zero-order valence-electron chi connectivity index (χ0n) is 10.2. The highest BCUT2D eigenvalue weighted by Gasteiger charge is 2.40. The maximum absolute atomic E-state index is 5.97. The van der Waals surface area contributed by atoms with Crippen molar-refractivity contribution in [2.75, 3.05) is 13.7 Å². The van der Waals surface area contributed by atoms with E-state index in [1.54, 1.807) is 7.11 Å². The van der Waals surface area contributed by atoms with Crippen LogP contribution in [0.1, 0.15) is 17.9 Å². The minimum atomic E-state index is -0.101. The number of fused-ring (bicyclic) bond motifs is 5. The molecular formula is C15H14O3. The van der Waals surface area contributed by atoms with Gasteiger partial charge in [0.1, 0.15) is 11.5 Å². The Kier molecular flexibility index (Phi) is 2.06. The van der Waals surface area contributed by atoms with Crippen molar-refractivity contribution in [3.63, 3.8) is 0 Å². The van der Waals surface area contributed by atoms with Crippen LogP contribution in [-0.2, 0) is 4.74 Å². The minimum Gasteiger partial charge on any atom is -0.496 e. The third kappa shape index (κ3) is 1.22. The van der Waals surface area contributed by atoms with E-state index in [0.717, 1.165) is 35.3 Å². The number of hydrogen-bond acceptors (Lipinski definition) is 3. The molecule has 0 saturated carbocycles. The third-order valence-electron chi connectivity index (χ3n) is 3.88. The lowest BCUT2D eigenvalue weighted by molar-refractivity contribution is -0.0330. The van der Waals surface area contributed by atoms with Crippen LogP contribution in [0, 0.1) is 0 Å². The fraction of sp³-hybridized carbons (Fsp3) is 0.333. The molecule has 2 aliphatic rings. The van der Waals surface area contributed by atoms with Gasteiger partial charge in [0.15, 0.2) is 0 Å². The smallest absolute Gasteiger partial charge is 0.207 e. The lowest BCUT2D eigenvalue weighted by atomic mass is 9.95. The molecule has 2 aromatic rings. The van der Waals surface area contributed by atoms with Crippen molar-refractivity contribution in [1.82, 2.24) is 0 Å². The molecule has 2 heterocycles. The van der Waals surface area contributed by atoms with Gasteiger partial charge in [-0.25, -0.2) is 0 Å². The maximum atomic E-state index is 5.97. The predicted octanol–water partition coefficient (Wildman–Crippen LogP) is 3.07. The van der Waals surface area contributed by atoms with E-state index >= 15 is 0 Å². The maximum Gasteiger partial charge on any atom is 0.207 e. The summed E-state index contributed by atoms with van der Waals surface area (Å²) in [6, 6.07) is 10.3. The normalized spacial score (nSPS) is 24.7. The van der Waals surface area contributed by atoms with Gasteiger partial charge in [-0.05, 0) is 12.5 Å². The molecule has 92 valence electrons. The van der Waals surface area contributed by atoms with E-state index < -0.39 is 0 Å². The van der Waals surface area contributed by atoms with Crippen molar-refractivity contribution < 1.29 is 14.2 Å². The highest BCUT2D eigenvalue weighted by atomic mass is 16.7. The summed E-state index contributed by atoms with van der Waals surface area (Å²) in [5.74, 6) is 2.25. The van der Waals surface area contributed by atoms with Crippen LogP contribution in [0.15, 0.2) is 30.3 Å². The number of rotatable bonds is 1. The molecule has 0 aliphatic carbocycles. The van der Waals surface area contributed by atoms with Gasteiger partial charge in [-0.3, -0.25) is 0 Å². The standard InChI is InChI=1S/C15H14O3/c1-16-13-8-12-11-6-7-17-15(11)18-14(12)10-5-3-2-4-9(10)13/h2-5,8,11,15H,6-7H2,1H3. The molecule has 2 aromatic carbocycles. The Morgan fingerprint density at radius 1 is 1.22 bits per heavy atom. The Labute approximate surface area is 105 Å². The summed E-state index contributed by atoms with van der Waals surface area (Å²) in [7, 11) is 1.71. The van der Waals surface area contributed by atoms with Gasteiger partial charge in [-0.15, -0.1) is 0 Å². The van der Waals surface area contributed by atoms with E-state index in [4.69, 9.17) is 14.2 Å². The van der Waals surface area contributed by atoms with Crippen LogP contribution in [0.25, 0.3) is 10.8 Å². The first-order valence-corrected chi connectivity index (χ1v) is 6.26. The van der Waals surface area contributed by atoms with Crippen LogP contribution in [0.5, 0.6) is 11.5 Å². The van der Waals surface area contributed by atoms with Crippen molar-refractivity contribution >= 4 is 10.8 Å². The van der Waals surface area contributed by atoms with E-state index in [2.05, 4.69) is 18.2 Å². The number of ether oxygens (including phenoxy) is 3. The molecular weight excluding hydrogens is 228 g/mol. The van der Waals surface area contributed by atoms with Gasteiger partial charge >= 0.3 is 0 Å². The highest BCUT2D eigenvalue weighted by molar-refractivity contribution is 5.95. The Morgan fingerprint density at radius 3 is 2.89 bits per heavy atom. The second kappa shape index (κ2) is 3.62. The summed E-state index contributed by atoms with van der Waals surface area (Å²) in [4.78, 5) is 0. The topological polar surface area (TPSA) is 27.7 Å². The van der Waals surface area contributed by atoms with E-state index in [1.807, 2.05) is 12.1 Å². The fourth-order valence-electron chi connectivity index (χ4n) is 3.01. The zero-order chi connectivity index (χ0) is 12.1. The van der Waals surface area contributed by atoms with Gasteiger partial charge in [0.25, 0.3) is 0 Å². The average molecular weight is 242 g/mol. The largest absolute Gasteiger partial charge is 0.496 e. The molecule has 3 nitrogen and oxygen atoms in total. The van der Waals surface area contributed by atoms with Crippen molar-refractivity contribution in [3.8, 4) is 11.5 Å². The van der Waals surface area contributed by atoms with E-state index in [9.17, 15) is 0 Å². The van der Waals surface area contributed by atoms with E-state index in [1.165, 1.54) is 5.56 Å². The number of methoxy groups -OCH3 is 1. The molecule has 1 saturated heterocycles. The summed E-state index contributed by atoms with van der Waals surface area (Å²) >= 11 is 0. The summed E-state index contributed by atoms with van der Waals surface area (Å²) < 4.78 is 17.1. The molecule has 0 spiro atoms. The Bertz CT molecular complexity index is 620.